The molecular weight excluding hydrogens is 356 g/mol. The van der Waals surface area contributed by atoms with Crippen molar-refractivity contribution in [2.45, 2.75) is 19.1 Å². The Kier molecular flexibility index (Phi) is 4.90. The van der Waals surface area contributed by atoms with Gasteiger partial charge in [-0.05, 0) is 24.6 Å². The highest BCUT2D eigenvalue weighted by Crippen LogP contribution is 2.30. The number of hydrogen-bond acceptors (Lipinski definition) is 5. The van der Waals surface area contributed by atoms with Gasteiger partial charge in [0.25, 0.3) is 5.56 Å². The lowest BCUT2D eigenvalue weighted by atomic mass is 10.1. The van der Waals surface area contributed by atoms with E-state index in [0.717, 1.165) is 10.1 Å². The Labute approximate surface area is 155 Å². The van der Waals surface area contributed by atoms with Gasteiger partial charge in [0.15, 0.2) is 5.56 Å². The molecule has 2 atom stereocenters. The van der Waals surface area contributed by atoms with Crippen LogP contribution in [0.1, 0.15) is 24.2 Å². The lowest BCUT2D eigenvalue weighted by Crippen LogP contribution is -2.50. The highest BCUT2D eigenvalue weighted by molar-refractivity contribution is 6.30. The minimum Gasteiger partial charge on any atom is -0.370 e. The third kappa shape index (κ3) is 3.02. The number of ether oxygens (including phenoxy) is 1. The maximum absolute atomic E-state index is 12.4. The SMILES string of the molecule is CC1COC(c2cccc(Cl)c2)CN1c1c(C#N)c(=O)n(C)c(=O)n1C. The van der Waals surface area contributed by atoms with Crippen molar-refractivity contribution in [1.82, 2.24) is 9.13 Å². The average Bonchev–Trinajstić information content (AvgIpc) is 2.63. The topological polar surface area (TPSA) is 80.3 Å². The third-order valence-electron chi connectivity index (χ3n) is 4.67. The van der Waals surface area contributed by atoms with Crippen molar-refractivity contribution in [2.24, 2.45) is 14.1 Å². The number of nitriles is 1. The van der Waals surface area contributed by atoms with Gasteiger partial charge in [0.1, 0.15) is 18.0 Å². The Balaban J connectivity index is 2.10. The van der Waals surface area contributed by atoms with Crippen molar-refractivity contribution in [2.75, 3.05) is 18.1 Å². The number of morpholine rings is 1. The summed E-state index contributed by atoms with van der Waals surface area (Å²) in [5, 5.41) is 10.1. The van der Waals surface area contributed by atoms with Crippen LogP contribution in [-0.2, 0) is 18.8 Å². The number of anilines is 1. The molecule has 2 aromatic rings. The summed E-state index contributed by atoms with van der Waals surface area (Å²) in [5.41, 5.74) is -0.208. The van der Waals surface area contributed by atoms with Crippen molar-refractivity contribution in [3.05, 3.63) is 61.3 Å². The van der Waals surface area contributed by atoms with Gasteiger partial charge >= 0.3 is 5.69 Å². The maximum atomic E-state index is 12.4. The number of hydrogen-bond donors (Lipinski definition) is 0. The normalized spacial score (nSPS) is 20.0. The summed E-state index contributed by atoms with van der Waals surface area (Å²) >= 11 is 6.08. The molecule has 0 bridgehead atoms. The van der Waals surface area contributed by atoms with E-state index in [2.05, 4.69) is 0 Å². The largest absolute Gasteiger partial charge is 0.370 e. The second-order valence-corrected chi connectivity index (χ2v) is 6.83. The van der Waals surface area contributed by atoms with Crippen LogP contribution >= 0.6 is 11.6 Å². The first-order chi connectivity index (χ1) is 12.3. The average molecular weight is 375 g/mol. The molecule has 1 fully saturated rings. The summed E-state index contributed by atoms with van der Waals surface area (Å²) < 4.78 is 8.22. The van der Waals surface area contributed by atoms with E-state index in [4.69, 9.17) is 16.3 Å². The van der Waals surface area contributed by atoms with Gasteiger partial charge in [0.2, 0.25) is 0 Å². The Morgan fingerprint density at radius 1 is 1.27 bits per heavy atom. The van der Waals surface area contributed by atoms with Crippen molar-refractivity contribution < 1.29 is 4.74 Å². The van der Waals surface area contributed by atoms with E-state index in [-0.39, 0.29) is 17.7 Å². The van der Waals surface area contributed by atoms with Crippen molar-refractivity contribution in [1.29, 1.82) is 5.26 Å². The quantitative estimate of drug-likeness (QED) is 0.797. The van der Waals surface area contributed by atoms with Crippen LogP contribution in [0.5, 0.6) is 0 Å². The second-order valence-electron chi connectivity index (χ2n) is 6.39. The molecule has 0 spiro atoms. The van der Waals surface area contributed by atoms with Crippen LogP contribution in [0, 0.1) is 11.3 Å². The van der Waals surface area contributed by atoms with E-state index < -0.39 is 11.2 Å². The molecular formula is C18H19ClN4O3. The first-order valence-corrected chi connectivity index (χ1v) is 8.56. The molecule has 136 valence electrons. The highest BCUT2D eigenvalue weighted by atomic mass is 35.5. The van der Waals surface area contributed by atoms with Gasteiger partial charge in [-0.2, -0.15) is 5.26 Å². The van der Waals surface area contributed by atoms with E-state index in [1.165, 1.54) is 11.6 Å². The molecule has 0 amide bonds. The fourth-order valence-electron chi connectivity index (χ4n) is 3.23. The predicted octanol–water partition coefficient (Wildman–Crippen LogP) is 1.58. The minimum atomic E-state index is -0.594. The molecule has 2 unspecified atom stereocenters. The van der Waals surface area contributed by atoms with E-state index in [1.807, 2.05) is 36.1 Å². The fourth-order valence-corrected chi connectivity index (χ4v) is 3.43. The van der Waals surface area contributed by atoms with Crippen LogP contribution in [0.2, 0.25) is 5.02 Å². The highest BCUT2D eigenvalue weighted by Gasteiger charge is 2.32. The molecule has 0 saturated carbocycles. The number of benzene rings is 1. The summed E-state index contributed by atoms with van der Waals surface area (Å²) in [6.45, 7) is 2.72. The van der Waals surface area contributed by atoms with E-state index in [0.29, 0.717) is 24.0 Å². The monoisotopic (exact) mass is 374 g/mol. The standard InChI is InChI=1S/C18H19ClN4O3/c1-11-10-26-15(12-5-4-6-13(19)7-12)9-23(11)16-14(8-20)17(24)22(3)18(25)21(16)2/h4-7,11,15H,9-10H2,1-3H3. The Morgan fingerprint density at radius 2 is 2.00 bits per heavy atom. The molecule has 3 rings (SSSR count). The number of rotatable bonds is 2. The molecule has 8 heteroatoms. The lowest BCUT2D eigenvalue weighted by Gasteiger charge is -2.40. The van der Waals surface area contributed by atoms with Crippen LogP contribution < -0.4 is 16.1 Å². The van der Waals surface area contributed by atoms with Crippen molar-refractivity contribution in [3.8, 4) is 6.07 Å². The summed E-state index contributed by atoms with van der Waals surface area (Å²) in [4.78, 5) is 26.6. The summed E-state index contributed by atoms with van der Waals surface area (Å²) in [6, 6.07) is 9.23. The zero-order valence-electron chi connectivity index (χ0n) is 14.8. The predicted molar refractivity (Wildman–Crippen MR) is 98.6 cm³/mol. The lowest BCUT2D eigenvalue weighted by molar-refractivity contribution is 0.0209. The maximum Gasteiger partial charge on any atom is 0.332 e. The first kappa shape index (κ1) is 18.2. The van der Waals surface area contributed by atoms with Crippen molar-refractivity contribution in [3.63, 3.8) is 0 Å². The number of nitrogens with zero attached hydrogens (tertiary/aromatic N) is 4. The van der Waals surface area contributed by atoms with Gasteiger partial charge in [0.05, 0.1) is 19.2 Å². The van der Waals surface area contributed by atoms with Gasteiger partial charge in [-0.15, -0.1) is 0 Å². The number of aromatic nitrogens is 2. The van der Waals surface area contributed by atoms with E-state index >= 15 is 0 Å². The molecule has 0 radical (unpaired) electrons. The summed E-state index contributed by atoms with van der Waals surface area (Å²) in [6.07, 6.45) is -0.282. The molecule has 0 N–H and O–H groups in total. The zero-order valence-corrected chi connectivity index (χ0v) is 15.5. The molecule has 1 saturated heterocycles. The van der Waals surface area contributed by atoms with Crippen LogP contribution in [0.15, 0.2) is 33.9 Å². The van der Waals surface area contributed by atoms with Crippen molar-refractivity contribution >= 4 is 17.4 Å². The Hall–Kier alpha value is -2.56. The summed E-state index contributed by atoms with van der Waals surface area (Å²) in [5.74, 6) is 0.323. The molecule has 1 aromatic carbocycles. The van der Waals surface area contributed by atoms with Crippen LogP contribution in [0.3, 0.4) is 0 Å². The van der Waals surface area contributed by atoms with Gasteiger partial charge in [-0.25, -0.2) is 4.79 Å². The molecule has 0 aliphatic carbocycles. The molecule has 1 aliphatic heterocycles. The zero-order chi connectivity index (χ0) is 19.0. The van der Waals surface area contributed by atoms with Gasteiger partial charge in [-0.3, -0.25) is 13.9 Å². The second kappa shape index (κ2) is 6.98. The first-order valence-electron chi connectivity index (χ1n) is 8.19. The fraction of sp³-hybridized carbons (Fsp3) is 0.389. The third-order valence-corrected chi connectivity index (χ3v) is 4.91. The smallest absolute Gasteiger partial charge is 0.332 e. The molecule has 1 aliphatic rings. The van der Waals surface area contributed by atoms with Crippen LogP contribution in [0.4, 0.5) is 5.82 Å². The molecule has 7 nitrogen and oxygen atoms in total. The number of halogens is 1. The minimum absolute atomic E-state index is 0.0480. The van der Waals surface area contributed by atoms with Gasteiger partial charge in [-0.1, -0.05) is 23.7 Å². The van der Waals surface area contributed by atoms with Gasteiger partial charge < -0.3 is 9.64 Å². The molecule has 2 heterocycles. The molecule has 26 heavy (non-hydrogen) atoms. The Bertz CT molecular complexity index is 1000. The Morgan fingerprint density at radius 3 is 2.65 bits per heavy atom. The van der Waals surface area contributed by atoms with Gasteiger partial charge in [0, 0.05) is 19.1 Å². The van der Waals surface area contributed by atoms with Crippen LogP contribution in [0.25, 0.3) is 0 Å². The van der Waals surface area contributed by atoms with E-state index in [9.17, 15) is 14.9 Å². The summed E-state index contributed by atoms with van der Waals surface area (Å²) in [7, 11) is 2.93. The van der Waals surface area contributed by atoms with E-state index in [1.54, 1.807) is 13.1 Å². The van der Waals surface area contributed by atoms with Crippen LogP contribution in [-0.4, -0.2) is 28.3 Å². The molecule has 1 aromatic heterocycles.